The van der Waals surface area contributed by atoms with Gasteiger partial charge in [0.1, 0.15) is 5.03 Å². The van der Waals surface area contributed by atoms with Crippen LogP contribution in [0.3, 0.4) is 0 Å². The van der Waals surface area contributed by atoms with Crippen LogP contribution in [-0.2, 0) is 11.2 Å². The molecule has 1 N–H and O–H groups in total. The van der Waals surface area contributed by atoms with Gasteiger partial charge in [0, 0.05) is 17.8 Å². The fraction of sp³-hybridized carbons (Fsp3) is 0.217. The van der Waals surface area contributed by atoms with Gasteiger partial charge < -0.3 is 10.2 Å². The normalized spacial score (nSPS) is 12.9. The molecule has 0 fully saturated rings. The van der Waals surface area contributed by atoms with Crippen molar-refractivity contribution < 1.29 is 9.59 Å². The van der Waals surface area contributed by atoms with Gasteiger partial charge in [-0.2, -0.15) is 0 Å². The Hall–Kier alpha value is -3.19. The lowest BCUT2D eigenvalue weighted by atomic mass is 10.0. The molecule has 2 amide bonds. The molecule has 1 aliphatic rings. The van der Waals surface area contributed by atoms with Crippen LogP contribution < -0.4 is 10.2 Å². The minimum absolute atomic E-state index is 0.0608. The number of amides is 2. The molecule has 0 radical (unpaired) electrons. The summed E-state index contributed by atoms with van der Waals surface area (Å²) in [4.78, 5) is 26.9. The number of aromatic nitrogens is 2. The lowest BCUT2D eigenvalue weighted by Crippen LogP contribution is -2.36. The van der Waals surface area contributed by atoms with Crippen LogP contribution in [0.2, 0.25) is 0 Å². The van der Waals surface area contributed by atoms with Crippen molar-refractivity contribution >= 4 is 35.1 Å². The lowest BCUT2D eigenvalue weighted by molar-refractivity contribution is -0.116. The van der Waals surface area contributed by atoms with Crippen LogP contribution in [0.5, 0.6) is 0 Å². The van der Waals surface area contributed by atoms with E-state index in [0.29, 0.717) is 16.4 Å². The first-order chi connectivity index (χ1) is 14.6. The summed E-state index contributed by atoms with van der Waals surface area (Å²) < 4.78 is 0. The van der Waals surface area contributed by atoms with Crippen molar-refractivity contribution in [2.24, 2.45) is 0 Å². The largest absolute Gasteiger partial charge is 0.311 e. The molecule has 6 nitrogen and oxygen atoms in total. The van der Waals surface area contributed by atoms with Gasteiger partial charge in [-0.3, -0.25) is 9.59 Å². The maximum absolute atomic E-state index is 12.7. The van der Waals surface area contributed by atoms with E-state index in [1.807, 2.05) is 42.2 Å². The molecule has 0 atom stereocenters. The van der Waals surface area contributed by atoms with Crippen molar-refractivity contribution in [1.29, 1.82) is 0 Å². The number of hydrogen-bond acceptors (Lipinski definition) is 5. The second kappa shape index (κ2) is 9.09. The summed E-state index contributed by atoms with van der Waals surface area (Å²) in [5.41, 5.74) is 3.88. The topological polar surface area (TPSA) is 75.2 Å². The zero-order chi connectivity index (χ0) is 20.9. The molecular weight excluding hydrogens is 396 g/mol. The number of carbonyl (C=O) groups excluding carboxylic acids is 2. The fourth-order valence-corrected chi connectivity index (χ4v) is 4.05. The molecule has 1 aromatic heterocycles. The van der Waals surface area contributed by atoms with Gasteiger partial charge in [0.2, 0.25) is 5.91 Å². The van der Waals surface area contributed by atoms with Gasteiger partial charge in [-0.25, -0.2) is 0 Å². The first kappa shape index (κ1) is 20.1. The molecule has 0 unspecified atom stereocenters. The van der Waals surface area contributed by atoms with Crippen LogP contribution in [-0.4, -0.2) is 34.3 Å². The molecule has 0 saturated heterocycles. The van der Waals surface area contributed by atoms with E-state index >= 15 is 0 Å². The fourth-order valence-electron chi connectivity index (χ4n) is 3.36. The number of hydrogen-bond donors (Lipinski definition) is 1. The summed E-state index contributed by atoms with van der Waals surface area (Å²) in [6, 6.07) is 18.8. The van der Waals surface area contributed by atoms with E-state index < -0.39 is 0 Å². The van der Waals surface area contributed by atoms with Crippen molar-refractivity contribution in [2.45, 2.75) is 24.8 Å². The molecule has 7 heteroatoms. The lowest BCUT2D eigenvalue weighted by Gasteiger charge is -2.29. The van der Waals surface area contributed by atoms with Crippen molar-refractivity contribution in [2.75, 3.05) is 22.5 Å². The Balaban J connectivity index is 1.33. The Morgan fingerprint density at radius 3 is 2.60 bits per heavy atom. The third kappa shape index (κ3) is 4.68. The van der Waals surface area contributed by atoms with Gasteiger partial charge in [-0.1, -0.05) is 47.7 Å². The molecular formula is C23H22N4O2S. The zero-order valence-electron chi connectivity index (χ0n) is 16.7. The number of nitrogens with one attached hydrogen (secondary N) is 1. The van der Waals surface area contributed by atoms with E-state index in [4.69, 9.17) is 0 Å². The number of para-hydroxylation sites is 1. The molecule has 0 saturated carbocycles. The predicted molar refractivity (Wildman–Crippen MR) is 119 cm³/mol. The highest BCUT2D eigenvalue weighted by atomic mass is 32.2. The van der Waals surface area contributed by atoms with Gasteiger partial charge >= 0.3 is 0 Å². The molecule has 4 rings (SSSR count). The molecule has 2 aromatic carbocycles. The number of rotatable bonds is 5. The molecule has 0 bridgehead atoms. The first-order valence-electron chi connectivity index (χ1n) is 9.83. The summed E-state index contributed by atoms with van der Waals surface area (Å²) in [5.74, 6) is 0.494. The Kier molecular flexibility index (Phi) is 6.09. The highest BCUT2D eigenvalue weighted by molar-refractivity contribution is 7.99. The average Bonchev–Trinajstić information content (AvgIpc) is 2.78. The minimum atomic E-state index is -0.233. The molecule has 0 spiro atoms. The van der Waals surface area contributed by atoms with Crippen LogP contribution in [0.4, 0.5) is 11.5 Å². The van der Waals surface area contributed by atoms with Gasteiger partial charge in [0.05, 0.1) is 5.75 Å². The maximum Gasteiger partial charge on any atom is 0.256 e. The van der Waals surface area contributed by atoms with E-state index in [1.165, 1.54) is 17.3 Å². The summed E-state index contributed by atoms with van der Waals surface area (Å²) in [6.07, 6.45) is 1.98. The van der Waals surface area contributed by atoms with Gasteiger partial charge in [-0.05, 0) is 55.7 Å². The van der Waals surface area contributed by atoms with E-state index in [0.717, 1.165) is 30.6 Å². The summed E-state index contributed by atoms with van der Waals surface area (Å²) in [6.45, 7) is 2.71. The van der Waals surface area contributed by atoms with Crippen LogP contribution in [0.15, 0.2) is 65.7 Å². The first-order valence-corrected chi connectivity index (χ1v) is 10.8. The number of carbonyl (C=O) groups is 2. The summed E-state index contributed by atoms with van der Waals surface area (Å²) in [7, 11) is 0. The smallest absolute Gasteiger partial charge is 0.256 e. The quantitative estimate of drug-likeness (QED) is 0.631. The van der Waals surface area contributed by atoms with Crippen LogP contribution in [0.25, 0.3) is 0 Å². The molecule has 3 aromatic rings. The molecule has 152 valence electrons. The summed E-state index contributed by atoms with van der Waals surface area (Å²) >= 11 is 1.34. The van der Waals surface area contributed by atoms with E-state index in [2.05, 4.69) is 21.6 Å². The number of benzene rings is 2. The van der Waals surface area contributed by atoms with Gasteiger partial charge in [-0.15, -0.1) is 10.2 Å². The van der Waals surface area contributed by atoms with Crippen molar-refractivity contribution in [3.05, 3.63) is 77.4 Å². The third-order valence-corrected chi connectivity index (χ3v) is 5.86. The van der Waals surface area contributed by atoms with Gasteiger partial charge in [0.15, 0.2) is 5.82 Å². The number of thioether (sulfide) groups is 1. The zero-order valence-corrected chi connectivity index (χ0v) is 17.5. The van der Waals surface area contributed by atoms with E-state index in [1.54, 1.807) is 24.3 Å². The van der Waals surface area contributed by atoms with Gasteiger partial charge in [0.25, 0.3) is 5.91 Å². The SMILES string of the molecule is Cc1ccc(C(=O)Nc2ccc(SCC(=O)N3CCCc4ccccc43)nn2)cc1. The van der Waals surface area contributed by atoms with Crippen LogP contribution >= 0.6 is 11.8 Å². The standard InChI is InChI=1S/C23H22N4O2S/c1-16-8-10-18(11-9-16)23(29)24-20-12-13-21(26-25-20)30-15-22(28)27-14-4-6-17-5-2-3-7-19(17)27/h2-3,5,7-13H,4,6,14-15H2,1H3,(H,24,25,29). The Morgan fingerprint density at radius 1 is 1.03 bits per heavy atom. The minimum Gasteiger partial charge on any atom is -0.311 e. The number of anilines is 2. The molecule has 0 aliphatic carbocycles. The number of nitrogens with zero attached hydrogens (tertiary/aromatic N) is 3. The monoisotopic (exact) mass is 418 g/mol. The highest BCUT2D eigenvalue weighted by Gasteiger charge is 2.22. The van der Waals surface area contributed by atoms with Crippen molar-refractivity contribution in [3.8, 4) is 0 Å². The van der Waals surface area contributed by atoms with Crippen molar-refractivity contribution in [1.82, 2.24) is 10.2 Å². The van der Waals surface area contributed by atoms with Crippen LogP contribution in [0.1, 0.15) is 27.9 Å². The second-order valence-electron chi connectivity index (χ2n) is 7.14. The molecule has 2 heterocycles. The van der Waals surface area contributed by atoms with E-state index in [9.17, 15) is 9.59 Å². The molecule has 30 heavy (non-hydrogen) atoms. The number of aryl methyl sites for hydroxylation is 2. The average molecular weight is 419 g/mol. The van der Waals surface area contributed by atoms with E-state index in [-0.39, 0.29) is 17.6 Å². The Bertz CT molecular complexity index is 1050. The van der Waals surface area contributed by atoms with Crippen LogP contribution in [0, 0.1) is 6.92 Å². The summed E-state index contributed by atoms with van der Waals surface area (Å²) in [5, 5.41) is 11.6. The maximum atomic E-state index is 12.7. The van der Waals surface area contributed by atoms with Crippen molar-refractivity contribution in [3.63, 3.8) is 0 Å². The Morgan fingerprint density at radius 2 is 1.83 bits per heavy atom. The predicted octanol–water partition coefficient (Wildman–Crippen LogP) is 4.11. The third-order valence-electron chi connectivity index (χ3n) is 4.95. The molecule has 1 aliphatic heterocycles. The second-order valence-corrected chi connectivity index (χ2v) is 8.14. The number of fused-ring (bicyclic) bond motifs is 1. The highest BCUT2D eigenvalue weighted by Crippen LogP contribution is 2.28. The Labute approximate surface area is 179 Å².